The molecule has 0 saturated heterocycles. The highest BCUT2D eigenvalue weighted by Gasteiger charge is 2.11. The van der Waals surface area contributed by atoms with Gasteiger partial charge in [-0.05, 0) is 61.7 Å². The number of terminal acetylenes is 1. The number of carbonyl (C=O) groups excluding carboxylic acids is 1. The van der Waals surface area contributed by atoms with Gasteiger partial charge in [-0.1, -0.05) is 43.1 Å². The van der Waals surface area contributed by atoms with Crippen LogP contribution in [0.25, 0.3) is 10.2 Å². The van der Waals surface area contributed by atoms with E-state index in [0.717, 1.165) is 29.5 Å². The quantitative estimate of drug-likeness (QED) is 0.397. The lowest BCUT2D eigenvalue weighted by atomic mass is 10.1. The fraction of sp³-hybridized carbons (Fsp3) is 0.333. The molecule has 1 heterocycles. The molecule has 0 fully saturated rings. The van der Waals surface area contributed by atoms with Crippen molar-refractivity contribution in [3.8, 4) is 18.1 Å². The van der Waals surface area contributed by atoms with Gasteiger partial charge >= 0.3 is 0 Å². The first kappa shape index (κ1) is 20.9. The van der Waals surface area contributed by atoms with Gasteiger partial charge in [-0.3, -0.25) is 4.79 Å². The number of nitrogens with zero attached hydrogens (tertiary/aromatic N) is 2. The second kappa shape index (κ2) is 9.58. The summed E-state index contributed by atoms with van der Waals surface area (Å²) in [6.07, 6.45) is 8.85. The molecular weight excluding hydrogens is 380 g/mol. The molecule has 1 aromatic heterocycles. The number of carbonyl (C=O) groups is 1. The molecule has 0 bridgehead atoms. The average molecular weight is 407 g/mol. The monoisotopic (exact) mass is 406 g/mol. The number of aryl methyl sites for hydroxylation is 2. The first-order valence-electron chi connectivity index (χ1n) is 9.89. The minimum atomic E-state index is -0.297. The molecule has 0 unspecified atom stereocenters. The van der Waals surface area contributed by atoms with Gasteiger partial charge < -0.3 is 9.30 Å². The van der Waals surface area contributed by atoms with Gasteiger partial charge in [-0.25, -0.2) is 0 Å². The summed E-state index contributed by atoms with van der Waals surface area (Å²) in [5.74, 6) is 3.07. The number of ether oxygens (including phenoxy) is 1. The van der Waals surface area contributed by atoms with Gasteiger partial charge in [0.15, 0.2) is 4.80 Å². The zero-order valence-corrected chi connectivity index (χ0v) is 18.0. The summed E-state index contributed by atoms with van der Waals surface area (Å²) in [6, 6.07) is 11.4. The molecule has 4 nitrogen and oxygen atoms in total. The molecule has 29 heavy (non-hydrogen) atoms. The Labute approximate surface area is 175 Å². The summed E-state index contributed by atoms with van der Waals surface area (Å²) in [6.45, 7) is 7.33. The first-order chi connectivity index (χ1) is 14.0. The van der Waals surface area contributed by atoms with E-state index in [0.29, 0.717) is 29.3 Å². The standard InChI is InChI=1S/C24H26N2O2S/c1-5-7-8-13-28-20-11-9-10-19(16-20)23(27)25-24-26(12-6-2)21-14-17(3)18(4)15-22(21)29-24/h2,9-11,14-16H,5,7-8,12-13H2,1,3-4H3. The van der Waals surface area contributed by atoms with E-state index in [1.807, 2.05) is 16.7 Å². The SMILES string of the molecule is C#CCn1c(=NC(=O)c2cccc(OCCCCC)c2)sc2cc(C)c(C)cc21. The summed E-state index contributed by atoms with van der Waals surface area (Å²) in [5, 5.41) is 0. The number of thiazole rings is 1. The van der Waals surface area contributed by atoms with Gasteiger partial charge in [0, 0.05) is 5.56 Å². The largest absolute Gasteiger partial charge is 0.494 e. The van der Waals surface area contributed by atoms with Crippen LogP contribution < -0.4 is 9.54 Å². The Morgan fingerprint density at radius 2 is 2.00 bits per heavy atom. The number of hydrogen-bond acceptors (Lipinski definition) is 3. The predicted octanol–water partition coefficient (Wildman–Crippen LogP) is 5.26. The predicted molar refractivity (Wildman–Crippen MR) is 119 cm³/mol. The van der Waals surface area contributed by atoms with E-state index in [2.05, 4.69) is 43.8 Å². The summed E-state index contributed by atoms with van der Waals surface area (Å²) < 4.78 is 8.76. The lowest BCUT2D eigenvalue weighted by molar-refractivity contribution is 0.0997. The Hall–Kier alpha value is -2.84. The minimum Gasteiger partial charge on any atom is -0.494 e. The zero-order chi connectivity index (χ0) is 20.8. The molecule has 1 amide bonds. The molecule has 0 aliphatic heterocycles. The average Bonchev–Trinajstić information content (AvgIpc) is 3.02. The second-order valence-electron chi connectivity index (χ2n) is 7.08. The van der Waals surface area contributed by atoms with Crippen LogP contribution in [-0.2, 0) is 6.54 Å². The molecule has 0 saturated carbocycles. The van der Waals surface area contributed by atoms with Crippen LogP contribution in [-0.4, -0.2) is 17.1 Å². The first-order valence-corrected chi connectivity index (χ1v) is 10.7. The number of fused-ring (bicyclic) bond motifs is 1. The van der Waals surface area contributed by atoms with E-state index in [9.17, 15) is 4.79 Å². The Morgan fingerprint density at radius 3 is 2.76 bits per heavy atom. The highest BCUT2D eigenvalue weighted by Crippen LogP contribution is 2.22. The van der Waals surface area contributed by atoms with Crippen molar-refractivity contribution in [3.05, 3.63) is 57.9 Å². The highest BCUT2D eigenvalue weighted by molar-refractivity contribution is 7.16. The van der Waals surface area contributed by atoms with Crippen LogP contribution in [0, 0.1) is 26.2 Å². The van der Waals surface area contributed by atoms with Crippen molar-refractivity contribution in [2.75, 3.05) is 6.61 Å². The maximum Gasteiger partial charge on any atom is 0.279 e. The summed E-state index contributed by atoms with van der Waals surface area (Å²) in [7, 11) is 0. The van der Waals surface area contributed by atoms with E-state index in [4.69, 9.17) is 11.2 Å². The summed E-state index contributed by atoms with van der Waals surface area (Å²) in [5.41, 5.74) is 3.91. The zero-order valence-electron chi connectivity index (χ0n) is 17.2. The van der Waals surface area contributed by atoms with Crippen LogP contribution in [0.5, 0.6) is 5.75 Å². The Bertz CT molecular complexity index is 1130. The summed E-state index contributed by atoms with van der Waals surface area (Å²) in [4.78, 5) is 17.8. The van der Waals surface area contributed by atoms with Gasteiger partial charge in [0.1, 0.15) is 5.75 Å². The number of unbranched alkanes of at least 4 members (excludes halogenated alkanes) is 2. The topological polar surface area (TPSA) is 43.6 Å². The maximum absolute atomic E-state index is 12.8. The fourth-order valence-electron chi connectivity index (χ4n) is 3.06. The lowest BCUT2D eigenvalue weighted by Gasteiger charge is -2.06. The lowest BCUT2D eigenvalue weighted by Crippen LogP contribution is -2.16. The van der Waals surface area contributed by atoms with Crippen molar-refractivity contribution in [2.45, 2.75) is 46.6 Å². The van der Waals surface area contributed by atoms with Crippen LogP contribution >= 0.6 is 11.3 Å². The van der Waals surface area contributed by atoms with Crippen molar-refractivity contribution in [2.24, 2.45) is 4.99 Å². The number of rotatable bonds is 7. The summed E-state index contributed by atoms with van der Waals surface area (Å²) >= 11 is 1.48. The molecule has 3 aromatic rings. The Kier molecular flexibility index (Phi) is 6.90. The van der Waals surface area contributed by atoms with Crippen molar-refractivity contribution in [1.82, 2.24) is 4.57 Å². The highest BCUT2D eigenvalue weighted by atomic mass is 32.1. The van der Waals surface area contributed by atoms with Crippen LogP contribution in [0.1, 0.15) is 47.7 Å². The van der Waals surface area contributed by atoms with E-state index in [1.165, 1.54) is 22.5 Å². The maximum atomic E-state index is 12.8. The molecule has 0 N–H and O–H groups in total. The van der Waals surface area contributed by atoms with Gasteiger partial charge in [0.2, 0.25) is 0 Å². The molecule has 0 spiro atoms. The Morgan fingerprint density at radius 1 is 1.21 bits per heavy atom. The molecule has 150 valence electrons. The van der Waals surface area contributed by atoms with Gasteiger partial charge in [-0.15, -0.1) is 6.42 Å². The molecule has 0 radical (unpaired) electrons. The van der Waals surface area contributed by atoms with Crippen LogP contribution in [0.4, 0.5) is 0 Å². The van der Waals surface area contributed by atoms with Crippen LogP contribution in [0.15, 0.2) is 41.4 Å². The molecule has 0 aliphatic carbocycles. The fourth-order valence-corrected chi connectivity index (χ4v) is 4.17. The second-order valence-corrected chi connectivity index (χ2v) is 8.09. The van der Waals surface area contributed by atoms with Gasteiger partial charge in [-0.2, -0.15) is 4.99 Å². The molecular formula is C24H26N2O2S. The van der Waals surface area contributed by atoms with E-state index < -0.39 is 0 Å². The van der Waals surface area contributed by atoms with E-state index >= 15 is 0 Å². The van der Waals surface area contributed by atoms with E-state index in [-0.39, 0.29) is 5.91 Å². The van der Waals surface area contributed by atoms with E-state index in [1.54, 1.807) is 12.1 Å². The molecule has 0 atom stereocenters. The van der Waals surface area contributed by atoms with Gasteiger partial charge in [0.25, 0.3) is 5.91 Å². The number of aromatic nitrogens is 1. The molecule has 3 rings (SSSR count). The van der Waals surface area contributed by atoms with Gasteiger partial charge in [0.05, 0.1) is 23.4 Å². The Balaban J connectivity index is 1.93. The minimum absolute atomic E-state index is 0.297. The smallest absolute Gasteiger partial charge is 0.279 e. The third kappa shape index (κ3) is 4.96. The number of benzene rings is 2. The third-order valence-electron chi connectivity index (χ3n) is 4.84. The molecule has 5 heteroatoms. The van der Waals surface area contributed by atoms with Crippen molar-refractivity contribution in [3.63, 3.8) is 0 Å². The third-order valence-corrected chi connectivity index (χ3v) is 5.88. The van der Waals surface area contributed by atoms with Crippen molar-refractivity contribution in [1.29, 1.82) is 0 Å². The van der Waals surface area contributed by atoms with Crippen LogP contribution in [0.2, 0.25) is 0 Å². The van der Waals surface area contributed by atoms with Crippen molar-refractivity contribution >= 4 is 27.5 Å². The molecule has 0 aliphatic rings. The van der Waals surface area contributed by atoms with Crippen molar-refractivity contribution < 1.29 is 9.53 Å². The normalized spacial score (nSPS) is 11.6. The van der Waals surface area contributed by atoms with Crippen LogP contribution in [0.3, 0.4) is 0 Å². The number of amides is 1. The number of hydrogen-bond donors (Lipinski definition) is 0. The molecule has 2 aromatic carbocycles.